The molecule has 2 aromatic heterocycles. The molecule has 0 bridgehead atoms. The Morgan fingerprint density at radius 3 is 2.50 bits per heavy atom. The monoisotopic (exact) mass is 394 g/mol. The number of carbonyl (C=O) groups excluding carboxylic acids is 2. The standard InChI is InChI=1S/C21H22N4O2S/c22-20(26)17-11-12-25(24-17)16-9-7-15(8-10-16)23-21(27)19-13-14-5-3-1-2-4-6-18(14)28-19/h7-13H,1-6H2,(H2,22,26)(H,23,27). The van der Waals surface area contributed by atoms with Crippen molar-refractivity contribution in [3.05, 3.63) is 63.6 Å². The normalized spacial score (nSPS) is 14.0. The average Bonchev–Trinajstić information content (AvgIpc) is 3.30. The molecular weight excluding hydrogens is 372 g/mol. The van der Waals surface area contributed by atoms with Gasteiger partial charge in [0.05, 0.1) is 10.6 Å². The van der Waals surface area contributed by atoms with E-state index in [1.54, 1.807) is 28.3 Å². The molecule has 0 aliphatic heterocycles. The van der Waals surface area contributed by atoms with Crippen LogP contribution in [0.5, 0.6) is 0 Å². The summed E-state index contributed by atoms with van der Waals surface area (Å²) in [7, 11) is 0. The minimum atomic E-state index is -0.562. The van der Waals surface area contributed by atoms with Crippen LogP contribution in [0, 0.1) is 0 Å². The van der Waals surface area contributed by atoms with E-state index >= 15 is 0 Å². The first kappa shape index (κ1) is 18.4. The maximum atomic E-state index is 12.7. The molecule has 3 aromatic rings. The summed E-state index contributed by atoms with van der Waals surface area (Å²) in [6, 6.07) is 10.9. The largest absolute Gasteiger partial charge is 0.364 e. The number of rotatable bonds is 4. The van der Waals surface area contributed by atoms with Gasteiger partial charge in [-0.25, -0.2) is 4.68 Å². The van der Waals surface area contributed by atoms with Gasteiger partial charge >= 0.3 is 0 Å². The van der Waals surface area contributed by atoms with Crippen LogP contribution in [-0.4, -0.2) is 21.6 Å². The van der Waals surface area contributed by atoms with E-state index in [0.717, 1.165) is 29.1 Å². The van der Waals surface area contributed by atoms with E-state index in [1.165, 1.54) is 36.1 Å². The zero-order valence-corrected chi connectivity index (χ0v) is 16.3. The highest BCUT2D eigenvalue weighted by Gasteiger charge is 2.16. The lowest BCUT2D eigenvalue weighted by Gasteiger charge is -2.07. The second-order valence-corrected chi connectivity index (χ2v) is 8.12. The Bertz CT molecular complexity index is 978. The van der Waals surface area contributed by atoms with Crippen molar-refractivity contribution in [1.82, 2.24) is 9.78 Å². The van der Waals surface area contributed by atoms with Crippen molar-refractivity contribution >= 4 is 28.8 Å². The molecule has 2 heterocycles. The highest BCUT2D eigenvalue weighted by atomic mass is 32.1. The molecule has 1 aromatic carbocycles. The van der Waals surface area contributed by atoms with Crippen LogP contribution in [0.2, 0.25) is 0 Å². The molecule has 7 heteroatoms. The minimum absolute atomic E-state index is 0.0698. The van der Waals surface area contributed by atoms with Gasteiger partial charge in [0.25, 0.3) is 11.8 Å². The highest BCUT2D eigenvalue weighted by Crippen LogP contribution is 2.29. The number of aromatic nitrogens is 2. The van der Waals surface area contributed by atoms with Crippen LogP contribution >= 0.6 is 11.3 Å². The predicted molar refractivity (Wildman–Crippen MR) is 110 cm³/mol. The maximum Gasteiger partial charge on any atom is 0.269 e. The number of nitrogens with two attached hydrogens (primary N) is 1. The molecule has 1 aliphatic rings. The summed E-state index contributed by atoms with van der Waals surface area (Å²) in [6.45, 7) is 0. The molecule has 144 valence electrons. The Balaban J connectivity index is 1.46. The van der Waals surface area contributed by atoms with Crippen LogP contribution in [0.1, 0.15) is 56.3 Å². The topological polar surface area (TPSA) is 90.0 Å². The van der Waals surface area contributed by atoms with Crippen molar-refractivity contribution in [2.24, 2.45) is 5.73 Å². The van der Waals surface area contributed by atoms with Crippen molar-refractivity contribution in [2.75, 3.05) is 5.32 Å². The molecule has 0 spiro atoms. The fourth-order valence-corrected chi connectivity index (χ4v) is 4.59. The quantitative estimate of drug-likeness (QED) is 0.702. The van der Waals surface area contributed by atoms with Crippen LogP contribution in [0.4, 0.5) is 5.69 Å². The Kier molecular flexibility index (Phi) is 5.25. The van der Waals surface area contributed by atoms with Gasteiger partial charge in [-0.3, -0.25) is 9.59 Å². The van der Waals surface area contributed by atoms with E-state index in [9.17, 15) is 9.59 Å². The molecule has 3 N–H and O–H groups in total. The Hall–Kier alpha value is -2.93. The summed E-state index contributed by atoms with van der Waals surface area (Å²) < 4.78 is 1.57. The molecule has 0 saturated heterocycles. The molecule has 0 fully saturated rings. The molecule has 4 rings (SSSR count). The van der Waals surface area contributed by atoms with Gasteiger partial charge in [0.15, 0.2) is 0 Å². The summed E-state index contributed by atoms with van der Waals surface area (Å²) in [5.41, 5.74) is 8.29. The Morgan fingerprint density at radius 1 is 1.04 bits per heavy atom. The third-order valence-electron chi connectivity index (χ3n) is 4.95. The Labute approximate surface area is 167 Å². The predicted octanol–water partition coefficient (Wildman–Crippen LogP) is 3.94. The number of carbonyl (C=O) groups is 2. The first-order chi connectivity index (χ1) is 13.6. The third-order valence-corrected chi connectivity index (χ3v) is 6.19. The van der Waals surface area contributed by atoms with Gasteiger partial charge in [-0.05, 0) is 67.6 Å². The number of primary amides is 1. The number of thiophene rings is 1. The number of aryl methyl sites for hydroxylation is 2. The lowest BCUT2D eigenvalue weighted by molar-refractivity contribution is 0.0993. The van der Waals surface area contributed by atoms with E-state index in [0.29, 0.717) is 0 Å². The first-order valence-electron chi connectivity index (χ1n) is 9.49. The zero-order chi connectivity index (χ0) is 19.5. The molecule has 0 unspecified atom stereocenters. The molecule has 0 atom stereocenters. The lowest BCUT2D eigenvalue weighted by atomic mass is 10.00. The third kappa shape index (κ3) is 3.99. The van der Waals surface area contributed by atoms with Gasteiger partial charge in [0.2, 0.25) is 0 Å². The van der Waals surface area contributed by atoms with Crippen LogP contribution in [-0.2, 0) is 12.8 Å². The van der Waals surface area contributed by atoms with Crippen molar-refractivity contribution in [3.63, 3.8) is 0 Å². The van der Waals surface area contributed by atoms with E-state index in [4.69, 9.17) is 5.73 Å². The van der Waals surface area contributed by atoms with E-state index < -0.39 is 5.91 Å². The van der Waals surface area contributed by atoms with Gasteiger partial charge in [-0.2, -0.15) is 5.10 Å². The van der Waals surface area contributed by atoms with Crippen molar-refractivity contribution in [2.45, 2.75) is 38.5 Å². The second-order valence-electron chi connectivity index (χ2n) is 6.98. The molecular formula is C21H22N4O2S. The van der Waals surface area contributed by atoms with E-state index in [2.05, 4.69) is 16.5 Å². The number of nitrogens with one attached hydrogen (secondary N) is 1. The summed E-state index contributed by atoms with van der Waals surface area (Å²) in [4.78, 5) is 26.0. The number of amides is 2. The Morgan fingerprint density at radius 2 is 1.79 bits per heavy atom. The number of benzene rings is 1. The van der Waals surface area contributed by atoms with Crippen molar-refractivity contribution in [1.29, 1.82) is 0 Å². The van der Waals surface area contributed by atoms with Crippen LogP contribution in [0.3, 0.4) is 0 Å². The summed E-state index contributed by atoms with van der Waals surface area (Å²) in [5.74, 6) is -0.632. The molecule has 0 saturated carbocycles. The lowest BCUT2D eigenvalue weighted by Crippen LogP contribution is -2.12. The van der Waals surface area contributed by atoms with E-state index in [1.807, 2.05) is 24.3 Å². The molecule has 0 radical (unpaired) electrons. The summed E-state index contributed by atoms with van der Waals surface area (Å²) in [6.07, 6.45) is 8.81. The van der Waals surface area contributed by atoms with Gasteiger partial charge < -0.3 is 11.1 Å². The molecule has 6 nitrogen and oxygen atoms in total. The van der Waals surface area contributed by atoms with Gasteiger partial charge in [0.1, 0.15) is 5.69 Å². The fourth-order valence-electron chi connectivity index (χ4n) is 3.45. The summed E-state index contributed by atoms with van der Waals surface area (Å²) >= 11 is 1.62. The molecule has 1 aliphatic carbocycles. The average molecular weight is 395 g/mol. The van der Waals surface area contributed by atoms with Crippen molar-refractivity contribution < 1.29 is 9.59 Å². The van der Waals surface area contributed by atoms with Gasteiger partial charge in [-0.15, -0.1) is 11.3 Å². The van der Waals surface area contributed by atoms with Gasteiger partial charge in [0, 0.05) is 16.8 Å². The van der Waals surface area contributed by atoms with Gasteiger partial charge in [-0.1, -0.05) is 12.8 Å². The maximum absolute atomic E-state index is 12.7. The minimum Gasteiger partial charge on any atom is -0.364 e. The number of fused-ring (bicyclic) bond motifs is 1. The fraction of sp³-hybridized carbons (Fsp3) is 0.286. The molecule has 28 heavy (non-hydrogen) atoms. The smallest absolute Gasteiger partial charge is 0.269 e. The zero-order valence-electron chi connectivity index (χ0n) is 15.5. The number of hydrogen-bond acceptors (Lipinski definition) is 4. The highest BCUT2D eigenvalue weighted by molar-refractivity contribution is 7.14. The summed E-state index contributed by atoms with van der Waals surface area (Å²) in [5, 5.41) is 7.10. The number of nitrogens with zero attached hydrogens (tertiary/aromatic N) is 2. The van der Waals surface area contributed by atoms with Crippen LogP contribution in [0.15, 0.2) is 42.6 Å². The first-order valence-corrected chi connectivity index (χ1v) is 10.3. The molecule has 2 amide bonds. The van der Waals surface area contributed by atoms with Crippen molar-refractivity contribution in [3.8, 4) is 5.69 Å². The number of hydrogen-bond donors (Lipinski definition) is 2. The van der Waals surface area contributed by atoms with Crippen LogP contribution in [0.25, 0.3) is 5.69 Å². The number of anilines is 1. The SMILES string of the molecule is NC(=O)c1ccn(-c2ccc(NC(=O)c3cc4c(s3)CCCCCC4)cc2)n1. The van der Waals surface area contributed by atoms with Crippen LogP contribution < -0.4 is 11.1 Å². The second kappa shape index (κ2) is 7.98. The van der Waals surface area contributed by atoms with E-state index in [-0.39, 0.29) is 11.6 Å².